The number of hydrogen-bond acceptors (Lipinski definition) is 5. The summed E-state index contributed by atoms with van der Waals surface area (Å²) in [6.07, 6.45) is 1.68. The van der Waals surface area contributed by atoms with Crippen LogP contribution >= 0.6 is 0 Å². The molecule has 0 unspecified atom stereocenters. The van der Waals surface area contributed by atoms with E-state index in [2.05, 4.69) is 15.5 Å². The number of rotatable bonds is 7. The molecule has 3 aromatic carbocycles. The zero-order valence-electron chi connectivity index (χ0n) is 19.2. The standard InChI is InChI=1S/C27H24N6O2/c1-31-24-23(25(34)33(27(31)35)19-22-15-9-4-10-16-22)32(18-21-13-7-3-8-14-21)26(29-24)30-28-17-20-11-5-2-6-12-20/h2-17H,18-19H2,1H3,(H,29,30). The molecule has 5 rings (SSSR count). The van der Waals surface area contributed by atoms with Gasteiger partial charge in [-0.25, -0.2) is 10.2 Å². The lowest BCUT2D eigenvalue weighted by molar-refractivity contribution is 0.653. The lowest BCUT2D eigenvalue weighted by atomic mass is 10.2. The summed E-state index contributed by atoms with van der Waals surface area (Å²) in [6, 6.07) is 28.9. The van der Waals surface area contributed by atoms with Crippen LogP contribution in [-0.4, -0.2) is 24.9 Å². The first-order valence-corrected chi connectivity index (χ1v) is 11.2. The maximum atomic E-state index is 13.6. The molecule has 2 aromatic heterocycles. The summed E-state index contributed by atoms with van der Waals surface area (Å²) in [7, 11) is 1.63. The largest absolute Gasteiger partial charge is 0.332 e. The van der Waals surface area contributed by atoms with E-state index in [0.717, 1.165) is 16.7 Å². The number of aromatic nitrogens is 4. The van der Waals surface area contributed by atoms with Gasteiger partial charge in [0.15, 0.2) is 11.2 Å². The minimum absolute atomic E-state index is 0.174. The highest BCUT2D eigenvalue weighted by molar-refractivity contribution is 5.80. The summed E-state index contributed by atoms with van der Waals surface area (Å²) >= 11 is 0. The molecule has 174 valence electrons. The summed E-state index contributed by atoms with van der Waals surface area (Å²) < 4.78 is 4.43. The van der Waals surface area contributed by atoms with Gasteiger partial charge in [0.25, 0.3) is 5.56 Å². The van der Waals surface area contributed by atoms with Gasteiger partial charge in [0.1, 0.15) is 0 Å². The molecule has 0 aliphatic rings. The molecule has 8 heteroatoms. The van der Waals surface area contributed by atoms with E-state index < -0.39 is 11.2 Å². The number of imidazole rings is 1. The van der Waals surface area contributed by atoms with E-state index in [1.807, 2.05) is 91.0 Å². The van der Waals surface area contributed by atoms with Crippen molar-refractivity contribution in [1.82, 2.24) is 18.7 Å². The number of benzene rings is 3. The Kier molecular flexibility index (Phi) is 6.09. The van der Waals surface area contributed by atoms with E-state index in [9.17, 15) is 9.59 Å². The Morgan fingerprint density at radius 2 is 1.34 bits per heavy atom. The fraction of sp³-hybridized carbons (Fsp3) is 0.111. The SMILES string of the molecule is Cn1c(=O)n(Cc2ccccc2)c(=O)c2c1nc(NN=Cc1ccccc1)n2Cc1ccccc1. The van der Waals surface area contributed by atoms with Gasteiger partial charge in [-0.15, -0.1) is 0 Å². The number of hydrogen-bond donors (Lipinski definition) is 1. The van der Waals surface area contributed by atoms with Crippen molar-refractivity contribution in [3.8, 4) is 0 Å². The molecule has 0 fully saturated rings. The lowest BCUT2D eigenvalue weighted by Gasteiger charge is -2.11. The fourth-order valence-electron chi connectivity index (χ4n) is 3.99. The van der Waals surface area contributed by atoms with Crippen molar-refractivity contribution in [1.29, 1.82) is 0 Å². The summed E-state index contributed by atoms with van der Waals surface area (Å²) in [5.74, 6) is 0.376. The van der Waals surface area contributed by atoms with Crippen molar-refractivity contribution in [3.63, 3.8) is 0 Å². The van der Waals surface area contributed by atoms with Gasteiger partial charge in [-0.1, -0.05) is 91.0 Å². The Morgan fingerprint density at radius 1 is 0.800 bits per heavy atom. The zero-order chi connectivity index (χ0) is 24.2. The van der Waals surface area contributed by atoms with Crippen LogP contribution in [0.4, 0.5) is 5.95 Å². The van der Waals surface area contributed by atoms with Crippen LogP contribution in [0, 0.1) is 0 Å². The maximum absolute atomic E-state index is 13.6. The van der Waals surface area contributed by atoms with Crippen molar-refractivity contribution >= 4 is 23.3 Å². The van der Waals surface area contributed by atoms with Gasteiger partial charge in [0.05, 0.1) is 19.3 Å². The molecule has 5 aromatic rings. The third kappa shape index (κ3) is 4.54. The summed E-state index contributed by atoms with van der Waals surface area (Å²) in [5.41, 5.74) is 5.58. The Hall–Kier alpha value is -4.72. The van der Waals surface area contributed by atoms with E-state index in [1.54, 1.807) is 17.8 Å². The van der Waals surface area contributed by atoms with Gasteiger partial charge in [0.2, 0.25) is 5.95 Å². The molecule has 2 heterocycles. The number of aryl methyl sites for hydroxylation is 1. The molecule has 0 spiro atoms. The Morgan fingerprint density at radius 3 is 1.94 bits per heavy atom. The fourth-order valence-corrected chi connectivity index (χ4v) is 3.99. The number of nitrogens with zero attached hydrogens (tertiary/aromatic N) is 5. The normalized spacial score (nSPS) is 11.3. The first-order valence-electron chi connectivity index (χ1n) is 11.2. The monoisotopic (exact) mass is 464 g/mol. The van der Waals surface area contributed by atoms with E-state index >= 15 is 0 Å². The van der Waals surface area contributed by atoms with Crippen LogP contribution in [0.15, 0.2) is 106 Å². The molecule has 0 aliphatic heterocycles. The predicted molar refractivity (Wildman–Crippen MR) is 138 cm³/mol. The van der Waals surface area contributed by atoms with Crippen LogP contribution in [0.2, 0.25) is 0 Å². The molecule has 0 radical (unpaired) electrons. The summed E-state index contributed by atoms with van der Waals surface area (Å²) in [4.78, 5) is 31.4. The molecule has 0 aliphatic carbocycles. The summed E-state index contributed by atoms with van der Waals surface area (Å²) in [6.45, 7) is 0.563. The second kappa shape index (κ2) is 9.64. The molecule has 0 bridgehead atoms. The van der Waals surface area contributed by atoms with Crippen LogP contribution in [0.1, 0.15) is 16.7 Å². The molecule has 0 saturated carbocycles. The lowest BCUT2D eigenvalue weighted by Crippen LogP contribution is -2.40. The highest BCUT2D eigenvalue weighted by Crippen LogP contribution is 2.18. The molecule has 1 N–H and O–H groups in total. The van der Waals surface area contributed by atoms with Crippen molar-refractivity contribution < 1.29 is 0 Å². The highest BCUT2D eigenvalue weighted by atomic mass is 16.2. The minimum Gasteiger partial charge on any atom is -0.298 e. The van der Waals surface area contributed by atoms with Gasteiger partial charge in [-0.2, -0.15) is 10.1 Å². The van der Waals surface area contributed by atoms with E-state index in [-0.39, 0.29) is 6.54 Å². The van der Waals surface area contributed by atoms with Crippen molar-refractivity contribution in [3.05, 3.63) is 129 Å². The molecule has 0 atom stereocenters. The predicted octanol–water partition coefficient (Wildman–Crippen LogP) is 3.44. The third-order valence-electron chi connectivity index (χ3n) is 5.78. The second-order valence-electron chi connectivity index (χ2n) is 8.18. The number of hydrazone groups is 1. The smallest absolute Gasteiger partial charge is 0.298 e. The van der Waals surface area contributed by atoms with Gasteiger partial charge >= 0.3 is 5.69 Å². The van der Waals surface area contributed by atoms with E-state index in [4.69, 9.17) is 0 Å². The topological polar surface area (TPSA) is 86.2 Å². The average molecular weight is 465 g/mol. The Labute approximate surface area is 201 Å². The first kappa shape index (κ1) is 22.1. The van der Waals surface area contributed by atoms with Crippen LogP contribution < -0.4 is 16.7 Å². The number of nitrogens with one attached hydrogen (secondary N) is 1. The van der Waals surface area contributed by atoms with Crippen LogP contribution in [0.25, 0.3) is 11.2 Å². The van der Waals surface area contributed by atoms with Crippen molar-refractivity contribution in [2.75, 3.05) is 5.43 Å². The first-order chi connectivity index (χ1) is 17.1. The maximum Gasteiger partial charge on any atom is 0.332 e. The highest BCUT2D eigenvalue weighted by Gasteiger charge is 2.20. The molecule has 35 heavy (non-hydrogen) atoms. The molecular formula is C27H24N6O2. The Bertz CT molecular complexity index is 1600. The number of fused-ring (bicyclic) bond motifs is 1. The average Bonchev–Trinajstić information content (AvgIpc) is 3.25. The van der Waals surface area contributed by atoms with Gasteiger partial charge in [-0.05, 0) is 16.7 Å². The third-order valence-corrected chi connectivity index (χ3v) is 5.78. The van der Waals surface area contributed by atoms with Crippen LogP contribution in [-0.2, 0) is 20.1 Å². The molecule has 0 amide bonds. The van der Waals surface area contributed by atoms with E-state index in [0.29, 0.717) is 23.7 Å². The zero-order valence-corrected chi connectivity index (χ0v) is 19.2. The number of anilines is 1. The van der Waals surface area contributed by atoms with Crippen LogP contribution in [0.3, 0.4) is 0 Å². The molecular weight excluding hydrogens is 440 g/mol. The minimum atomic E-state index is -0.421. The Balaban J connectivity index is 1.64. The van der Waals surface area contributed by atoms with Crippen molar-refractivity contribution in [2.45, 2.75) is 13.1 Å². The van der Waals surface area contributed by atoms with Gasteiger partial charge < -0.3 is 0 Å². The molecule has 0 saturated heterocycles. The quantitative estimate of drug-likeness (QED) is 0.295. The van der Waals surface area contributed by atoms with Gasteiger partial charge in [-0.3, -0.25) is 18.5 Å². The van der Waals surface area contributed by atoms with Gasteiger partial charge in [0, 0.05) is 7.05 Å². The van der Waals surface area contributed by atoms with E-state index in [1.165, 1.54) is 9.13 Å². The molecule has 8 nitrogen and oxygen atoms in total. The van der Waals surface area contributed by atoms with Crippen molar-refractivity contribution in [2.24, 2.45) is 12.1 Å². The second-order valence-corrected chi connectivity index (χ2v) is 8.18. The van der Waals surface area contributed by atoms with Crippen LogP contribution in [0.5, 0.6) is 0 Å². The summed E-state index contributed by atoms with van der Waals surface area (Å²) in [5, 5.41) is 4.33.